The summed E-state index contributed by atoms with van der Waals surface area (Å²) in [5.74, 6) is -0.444. The van der Waals surface area contributed by atoms with E-state index < -0.39 is 5.91 Å². The second-order valence-electron chi connectivity index (χ2n) is 5.08. The second kappa shape index (κ2) is 7.09. The van der Waals surface area contributed by atoms with Gasteiger partial charge in [0.2, 0.25) is 5.65 Å². The van der Waals surface area contributed by atoms with Crippen LogP contribution in [0, 0.1) is 0 Å². The predicted molar refractivity (Wildman–Crippen MR) is 95.4 cm³/mol. The van der Waals surface area contributed by atoms with Crippen LogP contribution in [0.3, 0.4) is 0 Å². The molecule has 10 nitrogen and oxygen atoms in total. The lowest BCUT2D eigenvalue weighted by Gasteiger charge is -2.10. The maximum atomic E-state index is 12.3. The van der Waals surface area contributed by atoms with Crippen LogP contribution in [0.15, 0.2) is 52.1 Å². The molecule has 12 heteroatoms. The molecule has 0 aliphatic carbocycles. The Kier molecular flexibility index (Phi) is 4.48. The van der Waals surface area contributed by atoms with E-state index in [-0.39, 0.29) is 27.2 Å². The Labute approximate surface area is 160 Å². The molecule has 1 amide bonds. The number of aromatic amines is 1. The van der Waals surface area contributed by atoms with Gasteiger partial charge >= 0.3 is 0 Å². The number of nitrogens with one attached hydrogen (secondary N) is 2. The Morgan fingerprint density at radius 3 is 2.93 bits per heavy atom. The first-order valence-electron chi connectivity index (χ1n) is 7.41. The number of fused-ring (bicyclic) bond motifs is 1. The van der Waals surface area contributed by atoms with Gasteiger partial charge in [-0.1, -0.05) is 29.3 Å². The largest absolute Gasteiger partial charge is 0.319 e. The molecule has 0 saturated heterocycles. The fraction of sp³-hybridized carbons (Fsp3) is 0. The number of H-pyrrole nitrogens is 1. The molecule has 2 N–H and O–H groups in total. The molecule has 3 heterocycles. The normalized spacial score (nSPS) is 10.7. The van der Waals surface area contributed by atoms with E-state index in [4.69, 9.17) is 32.4 Å². The van der Waals surface area contributed by atoms with E-state index >= 15 is 0 Å². The highest BCUT2D eigenvalue weighted by atomic mass is 35.5. The Morgan fingerprint density at radius 1 is 1.22 bits per heavy atom. The van der Waals surface area contributed by atoms with Crippen LogP contribution < -0.4 is 5.32 Å². The Bertz CT molecular complexity index is 1160. The van der Waals surface area contributed by atoms with Gasteiger partial charge in [0, 0.05) is 6.20 Å². The molecule has 27 heavy (non-hydrogen) atoms. The molecular weight excluding hydrogens is 397 g/mol. The van der Waals surface area contributed by atoms with Crippen molar-refractivity contribution in [2.45, 2.75) is 0 Å². The average Bonchev–Trinajstić information content (AvgIpc) is 2.70. The van der Waals surface area contributed by atoms with Crippen LogP contribution in [0.25, 0.3) is 17.0 Å². The fourth-order valence-corrected chi connectivity index (χ4v) is 2.51. The minimum atomic E-state index is -0.444. The molecule has 0 unspecified atom stereocenters. The van der Waals surface area contributed by atoms with Gasteiger partial charge in [-0.2, -0.15) is 5.16 Å². The van der Waals surface area contributed by atoms with Crippen molar-refractivity contribution in [1.29, 1.82) is 0 Å². The summed E-state index contributed by atoms with van der Waals surface area (Å²) in [6.07, 6.45) is 4.07. The maximum absolute atomic E-state index is 12.3. The quantitative estimate of drug-likeness (QED) is 0.534. The number of halogens is 2. The number of rotatable bonds is 3. The fourth-order valence-electron chi connectivity index (χ4n) is 2.14. The van der Waals surface area contributed by atoms with E-state index in [9.17, 15) is 4.79 Å². The van der Waals surface area contributed by atoms with Gasteiger partial charge in [0.1, 0.15) is 22.9 Å². The third kappa shape index (κ3) is 3.48. The van der Waals surface area contributed by atoms with Crippen molar-refractivity contribution >= 4 is 46.2 Å². The molecule has 0 saturated carbocycles. The van der Waals surface area contributed by atoms with E-state index in [0.29, 0.717) is 11.4 Å². The summed E-state index contributed by atoms with van der Waals surface area (Å²) >= 11 is 12.2. The molecule has 0 aliphatic rings. The standard InChI is InChI=1S/C15H9Cl2N7O3/c16-11-6-19-15-13(22-11)23-27-24(26-15)10-3-1-2-8(12(10)17)21-14(25)9-4-5-18-7-20-9/h1-7H,(H,21,25)(H,22,23). The molecule has 0 aliphatic heterocycles. The number of benzene rings is 1. The van der Waals surface area contributed by atoms with Gasteiger partial charge in [0.05, 0.1) is 16.9 Å². The number of aromatic nitrogens is 6. The predicted octanol–water partition coefficient (Wildman–Crippen LogP) is 3.41. The number of hydrogen-bond acceptors (Lipinski definition) is 7. The zero-order valence-electron chi connectivity index (χ0n) is 13.3. The second-order valence-corrected chi connectivity index (χ2v) is 5.84. The highest BCUT2D eigenvalue weighted by molar-refractivity contribution is 6.35. The van der Waals surface area contributed by atoms with Crippen molar-refractivity contribution in [2.75, 3.05) is 5.32 Å². The molecule has 0 spiro atoms. The SMILES string of the molecule is O=C(Nc1cccc(-n2o[nH]c3nc(Cl)cnc3o2)c1Cl)c1ccncn1. The monoisotopic (exact) mass is 405 g/mol. The number of nitrogens with zero attached hydrogens (tertiary/aromatic N) is 5. The summed E-state index contributed by atoms with van der Waals surface area (Å²) < 4.78 is 10.8. The maximum Gasteiger partial charge on any atom is 0.296 e. The third-order valence-corrected chi connectivity index (χ3v) is 3.92. The zero-order valence-corrected chi connectivity index (χ0v) is 14.8. The molecule has 0 radical (unpaired) electrons. The Balaban J connectivity index is 1.70. The van der Waals surface area contributed by atoms with Crippen molar-refractivity contribution in [2.24, 2.45) is 0 Å². The summed E-state index contributed by atoms with van der Waals surface area (Å²) in [6, 6.07) is 6.38. The third-order valence-electron chi connectivity index (χ3n) is 3.34. The molecule has 4 aromatic rings. The van der Waals surface area contributed by atoms with Gasteiger partial charge in [-0.25, -0.2) is 19.9 Å². The van der Waals surface area contributed by atoms with E-state index in [2.05, 4.69) is 30.4 Å². The Morgan fingerprint density at radius 2 is 2.11 bits per heavy atom. The van der Waals surface area contributed by atoms with E-state index in [1.54, 1.807) is 18.2 Å². The summed E-state index contributed by atoms with van der Waals surface area (Å²) in [5.41, 5.74) is 1.19. The lowest BCUT2D eigenvalue weighted by atomic mass is 10.2. The summed E-state index contributed by atoms with van der Waals surface area (Å²) in [6.45, 7) is 0. The first kappa shape index (κ1) is 17.1. The van der Waals surface area contributed by atoms with Crippen LogP contribution in [-0.4, -0.2) is 35.9 Å². The molecule has 3 aromatic heterocycles. The van der Waals surface area contributed by atoms with Gasteiger partial charge in [0.15, 0.2) is 0 Å². The zero-order chi connectivity index (χ0) is 18.8. The highest BCUT2D eigenvalue weighted by Crippen LogP contribution is 2.29. The first-order chi connectivity index (χ1) is 13.1. The van der Waals surface area contributed by atoms with Crippen LogP contribution in [0.2, 0.25) is 10.2 Å². The smallest absolute Gasteiger partial charge is 0.296 e. The van der Waals surface area contributed by atoms with Gasteiger partial charge in [-0.15, -0.1) is 0 Å². The molecular formula is C15H9Cl2N7O3. The number of carbonyl (C=O) groups excluding carboxylic acids is 1. The molecule has 136 valence electrons. The topological polar surface area (TPSA) is 128 Å². The molecule has 1 aromatic carbocycles. The summed E-state index contributed by atoms with van der Waals surface area (Å²) in [5, 5.41) is 5.56. The van der Waals surface area contributed by atoms with E-state index in [1.165, 1.54) is 24.8 Å². The van der Waals surface area contributed by atoms with Crippen molar-refractivity contribution in [3.05, 3.63) is 58.9 Å². The number of hydrogen-bond donors (Lipinski definition) is 2. The lowest BCUT2D eigenvalue weighted by molar-refractivity contribution is 0.0713. The van der Waals surface area contributed by atoms with Crippen LogP contribution in [-0.2, 0) is 0 Å². The molecule has 4 rings (SSSR count). The average molecular weight is 406 g/mol. The van der Waals surface area contributed by atoms with Gasteiger partial charge in [-0.3, -0.25) is 9.42 Å². The lowest BCUT2D eigenvalue weighted by Crippen LogP contribution is -2.14. The minimum Gasteiger partial charge on any atom is -0.319 e. The van der Waals surface area contributed by atoms with Gasteiger partial charge < -0.3 is 9.84 Å². The van der Waals surface area contributed by atoms with E-state index in [0.717, 1.165) is 4.91 Å². The first-order valence-corrected chi connectivity index (χ1v) is 8.17. The van der Waals surface area contributed by atoms with Crippen LogP contribution >= 0.6 is 23.2 Å². The van der Waals surface area contributed by atoms with Crippen molar-refractivity contribution in [3.8, 4) is 5.69 Å². The summed E-state index contributed by atoms with van der Waals surface area (Å²) in [4.78, 5) is 28.9. The number of carbonyl (C=O) groups is 1. The van der Waals surface area contributed by atoms with Crippen molar-refractivity contribution < 1.29 is 13.9 Å². The molecule has 0 atom stereocenters. The van der Waals surface area contributed by atoms with Crippen LogP contribution in [0.5, 0.6) is 0 Å². The van der Waals surface area contributed by atoms with Gasteiger partial charge in [0.25, 0.3) is 11.6 Å². The van der Waals surface area contributed by atoms with E-state index in [1.807, 2.05) is 0 Å². The van der Waals surface area contributed by atoms with Crippen molar-refractivity contribution in [1.82, 2.24) is 30.0 Å². The number of amides is 1. The summed E-state index contributed by atoms with van der Waals surface area (Å²) in [7, 11) is 0. The molecule has 0 fully saturated rings. The van der Waals surface area contributed by atoms with Crippen LogP contribution in [0.4, 0.5) is 5.69 Å². The number of anilines is 1. The molecule has 0 bridgehead atoms. The van der Waals surface area contributed by atoms with Crippen molar-refractivity contribution in [3.63, 3.8) is 0 Å². The van der Waals surface area contributed by atoms with Crippen LogP contribution in [0.1, 0.15) is 10.5 Å². The minimum absolute atomic E-state index is 0.136. The van der Waals surface area contributed by atoms with Gasteiger partial charge in [-0.05, 0) is 23.1 Å². The Hall–Kier alpha value is -3.37. The highest BCUT2D eigenvalue weighted by Gasteiger charge is 2.15.